The first-order chi connectivity index (χ1) is 12.6. The predicted octanol–water partition coefficient (Wildman–Crippen LogP) is 4.46. The Labute approximate surface area is 153 Å². The molecule has 132 valence electrons. The van der Waals surface area contributed by atoms with Crippen molar-refractivity contribution in [2.75, 3.05) is 10.6 Å². The van der Waals surface area contributed by atoms with Gasteiger partial charge in [0.25, 0.3) is 5.91 Å². The standard InChI is InChI=1S/C21H22N4O/c1-15(2)17-3-5-18(6-4-17)25-21(26)20-8-7-19(14-24-20)23-13-16-9-11-22-12-10-16/h3-12,14-15,23H,13H2,1-2H3,(H,25,26). The minimum atomic E-state index is -0.219. The number of benzene rings is 1. The van der Waals surface area contributed by atoms with Crippen LogP contribution in [0.25, 0.3) is 0 Å². The van der Waals surface area contributed by atoms with Crippen LogP contribution in [-0.4, -0.2) is 15.9 Å². The van der Waals surface area contributed by atoms with Gasteiger partial charge in [0.15, 0.2) is 0 Å². The Bertz CT molecular complexity index is 843. The molecule has 1 aromatic carbocycles. The number of pyridine rings is 2. The first-order valence-electron chi connectivity index (χ1n) is 8.62. The smallest absolute Gasteiger partial charge is 0.274 e. The second kappa shape index (κ2) is 8.25. The SMILES string of the molecule is CC(C)c1ccc(NC(=O)c2ccc(NCc3ccncc3)cn2)cc1. The molecule has 0 aliphatic carbocycles. The van der Waals surface area contributed by atoms with Crippen molar-refractivity contribution in [3.8, 4) is 0 Å². The van der Waals surface area contributed by atoms with E-state index < -0.39 is 0 Å². The molecule has 2 heterocycles. The Morgan fingerprint density at radius 1 is 0.962 bits per heavy atom. The number of amides is 1. The first kappa shape index (κ1) is 17.6. The number of nitrogens with one attached hydrogen (secondary N) is 2. The third-order valence-electron chi connectivity index (χ3n) is 4.08. The van der Waals surface area contributed by atoms with E-state index in [1.165, 1.54) is 5.56 Å². The largest absolute Gasteiger partial charge is 0.380 e. The Hall–Kier alpha value is -3.21. The zero-order valence-electron chi connectivity index (χ0n) is 14.9. The van der Waals surface area contributed by atoms with E-state index in [0.29, 0.717) is 18.2 Å². The van der Waals surface area contributed by atoms with Crippen molar-refractivity contribution in [2.45, 2.75) is 26.3 Å². The van der Waals surface area contributed by atoms with E-state index in [1.807, 2.05) is 42.5 Å². The molecule has 0 saturated heterocycles. The van der Waals surface area contributed by atoms with Gasteiger partial charge in [-0.1, -0.05) is 26.0 Å². The van der Waals surface area contributed by atoms with E-state index in [1.54, 1.807) is 24.7 Å². The lowest BCUT2D eigenvalue weighted by Gasteiger charge is -2.09. The predicted molar refractivity (Wildman–Crippen MR) is 104 cm³/mol. The fourth-order valence-corrected chi connectivity index (χ4v) is 2.48. The van der Waals surface area contributed by atoms with Crippen molar-refractivity contribution in [3.05, 3.63) is 83.9 Å². The van der Waals surface area contributed by atoms with Crippen molar-refractivity contribution in [1.82, 2.24) is 9.97 Å². The number of anilines is 2. The van der Waals surface area contributed by atoms with Crippen LogP contribution in [0.4, 0.5) is 11.4 Å². The number of carbonyl (C=O) groups excluding carboxylic acids is 1. The van der Waals surface area contributed by atoms with Gasteiger partial charge in [-0.2, -0.15) is 0 Å². The molecule has 26 heavy (non-hydrogen) atoms. The van der Waals surface area contributed by atoms with Gasteiger partial charge in [-0.15, -0.1) is 0 Å². The molecule has 0 fully saturated rings. The summed E-state index contributed by atoms with van der Waals surface area (Å²) in [7, 11) is 0. The summed E-state index contributed by atoms with van der Waals surface area (Å²) in [6.45, 7) is 4.96. The lowest BCUT2D eigenvalue weighted by molar-refractivity contribution is 0.102. The fourth-order valence-electron chi connectivity index (χ4n) is 2.48. The van der Waals surface area contributed by atoms with Crippen LogP contribution in [0, 0.1) is 0 Å². The summed E-state index contributed by atoms with van der Waals surface area (Å²) in [5, 5.41) is 6.14. The Balaban J connectivity index is 1.58. The summed E-state index contributed by atoms with van der Waals surface area (Å²) in [5.74, 6) is 0.247. The zero-order valence-corrected chi connectivity index (χ0v) is 14.9. The van der Waals surface area contributed by atoms with Crippen LogP contribution in [0.2, 0.25) is 0 Å². The van der Waals surface area contributed by atoms with Gasteiger partial charge in [0.05, 0.1) is 11.9 Å². The molecule has 0 spiro atoms. The van der Waals surface area contributed by atoms with Crippen LogP contribution in [0.3, 0.4) is 0 Å². The van der Waals surface area contributed by atoms with Gasteiger partial charge >= 0.3 is 0 Å². The monoisotopic (exact) mass is 346 g/mol. The maximum absolute atomic E-state index is 12.3. The molecular formula is C21H22N4O. The maximum atomic E-state index is 12.3. The van der Waals surface area contributed by atoms with Gasteiger partial charge in [-0.05, 0) is 53.4 Å². The highest BCUT2D eigenvalue weighted by atomic mass is 16.1. The third-order valence-corrected chi connectivity index (χ3v) is 4.08. The van der Waals surface area contributed by atoms with Crippen molar-refractivity contribution in [2.24, 2.45) is 0 Å². The highest BCUT2D eigenvalue weighted by molar-refractivity contribution is 6.02. The van der Waals surface area contributed by atoms with E-state index in [4.69, 9.17) is 0 Å². The maximum Gasteiger partial charge on any atom is 0.274 e. The molecule has 0 bridgehead atoms. The topological polar surface area (TPSA) is 66.9 Å². The number of hydrogen-bond donors (Lipinski definition) is 2. The Morgan fingerprint density at radius 3 is 2.27 bits per heavy atom. The van der Waals surface area contributed by atoms with Gasteiger partial charge in [0.1, 0.15) is 5.69 Å². The van der Waals surface area contributed by atoms with Crippen molar-refractivity contribution in [1.29, 1.82) is 0 Å². The lowest BCUT2D eigenvalue weighted by Crippen LogP contribution is -2.13. The molecule has 2 aromatic heterocycles. The van der Waals surface area contributed by atoms with Gasteiger partial charge in [0.2, 0.25) is 0 Å². The molecule has 0 saturated carbocycles. The molecule has 5 nitrogen and oxygen atoms in total. The van der Waals surface area contributed by atoms with Crippen molar-refractivity contribution in [3.63, 3.8) is 0 Å². The molecule has 0 unspecified atom stereocenters. The molecule has 0 aliphatic heterocycles. The normalized spacial score (nSPS) is 10.6. The van der Waals surface area contributed by atoms with E-state index in [2.05, 4.69) is 34.4 Å². The third kappa shape index (κ3) is 4.66. The molecule has 2 N–H and O–H groups in total. The molecule has 5 heteroatoms. The second-order valence-electron chi connectivity index (χ2n) is 6.37. The lowest BCUT2D eigenvalue weighted by atomic mass is 10.0. The van der Waals surface area contributed by atoms with Gasteiger partial charge < -0.3 is 10.6 Å². The van der Waals surface area contributed by atoms with Crippen LogP contribution in [-0.2, 0) is 6.54 Å². The molecule has 0 aliphatic rings. The van der Waals surface area contributed by atoms with E-state index in [0.717, 1.165) is 16.9 Å². The van der Waals surface area contributed by atoms with E-state index in [9.17, 15) is 4.79 Å². The molecule has 3 rings (SSSR count). The first-order valence-corrected chi connectivity index (χ1v) is 8.62. The number of nitrogens with zero attached hydrogens (tertiary/aromatic N) is 2. The Kier molecular flexibility index (Phi) is 5.59. The van der Waals surface area contributed by atoms with Crippen LogP contribution in [0.15, 0.2) is 67.1 Å². The average molecular weight is 346 g/mol. The minimum Gasteiger partial charge on any atom is -0.380 e. The van der Waals surface area contributed by atoms with Crippen LogP contribution in [0.5, 0.6) is 0 Å². The van der Waals surface area contributed by atoms with Gasteiger partial charge in [-0.25, -0.2) is 4.98 Å². The van der Waals surface area contributed by atoms with E-state index >= 15 is 0 Å². The highest BCUT2D eigenvalue weighted by Gasteiger charge is 2.08. The molecule has 1 amide bonds. The molecule has 0 atom stereocenters. The fraction of sp³-hybridized carbons (Fsp3) is 0.190. The number of rotatable bonds is 6. The van der Waals surface area contributed by atoms with Crippen LogP contribution in [0.1, 0.15) is 41.4 Å². The molecule has 0 radical (unpaired) electrons. The Morgan fingerprint density at radius 2 is 1.65 bits per heavy atom. The summed E-state index contributed by atoms with van der Waals surface area (Å²) < 4.78 is 0. The zero-order chi connectivity index (χ0) is 18.4. The number of aromatic nitrogens is 2. The summed E-state index contributed by atoms with van der Waals surface area (Å²) >= 11 is 0. The average Bonchev–Trinajstić information content (AvgIpc) is 2.68. The molecule has 3 aromatic rings. The van der Waals surface area contributed by atoms with Crippen molar-refractivity contribution >= 4 is 17.3 Å². The second-order valence-corrected chi connectivity index (χ2v) is 6.37. The number of hydrogen-bond acceptors (Lipinski definition) is 4. The van der Waals surface area contributed by atoms with Crippen LogP contribution < -0.4 is 10.6 Å². The minimum absolute atomic E-state index is 0.219. The van der Waals surface area contributed by atoms with Gasteiger partial charge in [0, 0.05) is 24.6 Å². The summed E-state index contributed by atoms with van der Waals surface area (Å²) in [6.07, 6.45) is 5.19. The summed E-state index contributed by atoms with van der Waals surface area (Å²) in [4.78, 5) is 20.6. The van der Waals surface area contributed by atoms with E-state index in [-0.39, 0.29) is 5.91 Å². The van der Waals surface area contributed by atoms with Crippen LogP contribution >= 0.6 is 0 Å². The summed E-state index contributed by atoms with van der Waals surface area (Å²) in [5.41, 5.74) is 4.38. The highest BCUT2D eigenvalue weighted by Crippen LogP contribution is 2.17. The van der Waals surface area contributed by atoms with Gasteiger partial charge in [-0.3, -0.25) is 9.78 Å². The quantitative estimate of drug-likeness (QED) is 0.691. The summed E-state index contributed by atoms with van der Waals surface area (Å²) in [6, 6.07) is 15.4. The number of carbonyl (C=O) groups is 1. The molecular weight excluding hydrogens is 324 g/mol. The van der Waals surface area contributed by atoms with Crippen molar-refractivity contribution < 1.29 is 4.79 Å².